The number of halogens is 3. The quantitative estimate of drug-likeness (QED) is 0.613. The van der Waals surface area contributed by atoms with Gasteiger partial charge in [0.2, 0.25) is 5.91 Å². The average Bonchev–Trinajstić information content (AvgIpc) is 3.72. The second-order valence-corrected chi connectivity index (χ2v) is 10.6. The molecule has 0 unspecified atom stereocenters. The zero-order chi connectivity index (χ0) is 25.6. The molecule has 10 heteroatoms. The number of aromatic nitrogens is 1. The summed E-state index contributed by atoms with van der Waals surface area (Å²) in [5, 5.41) is 6.29. The summed E-state index contributed by atoms with van der Waals surface area (Å²) in [5.74, 6) is 0.527. The fourth-order valence-electron chi connectivity index (χ4n) is 5.86. The Kier molecular flexibility index (Phi) is 6.27. The van der Waals surface area contributed by atoms with Gasteiger partial charge in [0.25, 0.3) is 0 Å². The van der Waals surface area contributed by atoms with Gasteiger partial charge in [0.15, 0.2) is 0 Å². The van der Waals surface area contributed by atoms with Crippen LogP contribution in [0.5, 0.6) is 0 Å². The number of carbonyl (C=O) groups excluding carboxylic acids is 1. The third kappa shape index (κ3) is 4.77. The molecule has 1 aromatic heterocycles. The van der Waals surface area contributed by atoms with Crippen LogP contribution in [-0.4, -0.2) is 55.0 Å². The van der Waals surface area contributed by atoms with Crippen molar-refractivity contribution in [3.05, 3.63) is 42.1 Å². The topological polar surface area (TPSA) is 69.7 Å². The van der Waals surface area contributed by atoms with Gasteiger partial charge in [0.05, 0.1) is 31.1 Å². The van der Waals surface area contributed by atoms with E-state index in [-0.39, 0.29) is 30.7 Å². The molecule has 2 aliphatic carbocycles. The van der Waals surface area contributed by atoms with Gasteiger partial charge in [-0.3, -0.25) is 4.79 Å². The molecule has 3 heterocycles. The van der Waals surface area contributed by atoms with Gasteiger partial charge >= 0.3 is 6.18 Å². The summed E-state index contributed by atoms with van der Waals surface area (Å²) >= 11 is 0. The number of anilines is 4. The molecule has 0 radical (unpaired) electrons. The van der Waals surface area contributed by atoms with Gasteiger partial charge < -0.3 is 25.2 Å². The number of fused-ring (bicyclic) bond motifs is 2. The Bertz CT molecular complexity index is 1150. The van der Waals surface area contributed by atoms with E-state index in [0.717, 1.165) is 41.5 Å². The standard InChI is InChI=1S/C27H32F3N5O2/c28-27(29,30)26(9-10-26)33-20-5-3-18(4-6-20)25(36)35-17-19-2-1-11-31-24(19)32-22-8-7-21(16-23(22)35)34-12-14-37-15-13-34/h1-2,7-8,11,16,18,20,33H,3-6,9-10,12-15,17H2,(H,31,32)/t18-,20-. The van der Waals surface area contributed by atoms with E-state index in [2.05, 4.69) is 32.7 Å². The summed E-state index contributed by atoms with van der Waals surface area (Å²) in [6.45, 7) is 3.31. The van der Waals surface area contributed by atoms with Crippen molar-refractivity contribution in [1.29, 1.82) is 0 Å². The summed E-state index contributed by atoms with van der Waals surface area (Å²) in [4.78, 5) is 22.6. The highest BCUT2D eigenvalue weighted by Crippen LogP contribution is 2.50. The maximum Gasteiger partial charge on any atom is 0.406 e. The minimum atomic E-state index is -4.22. The second-order valence-electron chi connectivity index (χ2n) is 10.6. The van der Waals surface area contributed by atoms with Crippen molar-refractivity contribution in [3.8, 4) is 0 Å². The van der Waals surface area contributed by atoms with Gasteiger partial charge in [-0.1, -0.05) is 6.07 Å². The fourth-order valence-corrected chi connectivity index (χ4v) is 5.86. The van der Waals surface area contributed by atoms with Gasteiger partial charge in [-0.05, 0) is 62.8 Å². The third-order valence-corrected chi connectivity index (χ3v) is 8.24. The summed E-state index contributed by atoms with van der Waals surface area (Å²) < 4.78 is 45.8. The van der Waals surface area contributed by atoms with E-state index >= 15 is 0 Å². The van der Waals surface area contributed by atoms with Gasteiger partial charge in [0, 0.05) is 42.5 Å². The smallest absolute Gasteiger partial charge is 0.378 e. The summed E-state index contributed by atoms with van der Waals surface area (Å²) in [6, 6.07) is 9.74. The molecule has 1 amide bonds. The Morgan fingerprint density at radius 3 is 2.57 bits per heavy atom. The molecule has 2 saturated carbocycles. The average molecular weight is 516 g/mol. The number of carbonyl (C=O) groups is 1. The lowest BCUT2D eigenvalue weighted by atomic mass is 9.84. The Morgan fingerprint density at radius 2 is 1.86 bits per heavy atom. The molecule has 37 heavy (non-hydrogen) atoms. The monoisotopic (exact) mass is 515 g/mol. The number of alkyl halides is 3. The number of pyridine rings is 1. The summed E-state index contributed by atoms with van der Waals surface area (Å²) in [7, 11) is 0. The van der Waals surface area contributed by atoms with Crippen LogP contribution in [0.2, 0.25) is 0 Å². The van der Waals surface area contributed by atoms with Crippen LogP contribution >= 0.6 is 0 Å². The van der Waals surface area contributed by atoms with Crippen LogP contribution in [0.1, 0.15) is 44.1 Å². The minimum absolute atomic E-state index is 0.0225. The lowest BCUT2D eigenvalue weighted by Crippen LogP contribution is -2.51. The van der Waals surface area contributed by atoms with Crippen LogP contribution in [0.15, 0.2) is 36.5 Å². The molecular weight excluding hydrogens is 483 g/mol. The highest BCUT2D eigenvalue weighted by Gasteiger charge is 2.63. The van der Waals surface area contributed by atoms with Crippen molar-refractivity contribution < 1.29 is 22.7 Å². The van der Waals surface area contributed by atoms with Crippen molar-refractivity contribution >= 4 is 28.8 Å². The molecule has 6 rings (SSSR count). The number of hydrogen-bond acceptors (Lipinski definition) is 6. The van der Waals surface area contributed by atoms with Crippen LogP contribution in [0.3, 0.4) is 0 Å². The first kappa shape index (κ1) is 24.5. The molecule has 2 N–H and O–H groups in total. The molecule has 0 bridgehead atoms. The predicted octanol–water partition coefficient (Wildman–Crippen LogP) is 4.75. The van der Waals surface area contributed by atoms with Gasteiger partial charge in [0.1, 0.15) is 11.4 Å². The van der Waals surface area contributed by atoms with E-state index in [0.29, 0.717) is 45.4 Å². The number of hydrogen-bond donors (Lipinski definition) is 2. The minimum Gasteiger partial charge on any atom is -0.378 e. The zero-order valence-corrected chi connectivity index (χ0v) is 20.7. The van der Waals surface area contributed by atoms with Crippen LogP contribution in [0.25, 0.3) is 0 Å². The van der Waals surface area contributed by atoms with E-state index in [4.69, 9.17) is 4.74 Å². The van der Waals surface area contributed by atoms with Crippen molar-refractivity contribution in [2.45, 2.75) is 62.8 Å². The molecule has 2 aromatic rings. The van der Waals surface area contributed by atoms with Gasteiger partial charge in [-0.2, -0.15) is 13.2 Å². The van der Waals surface area contributed by atoms with Crippen LogP contribution in [0, 0.1) is 5.92 Å². The number of nitrogens with one attached hydrogen (secondary N) is 2. The summed E-state index contributed by atoms with van der Waals surface area (Å²) in [5.41, 5.74) is 1.88. The van der Waals surface area contributed by atoms with Gasteiger partial charge in [-0.25, -0.2) is 4.98 Å². The molecule has 1 saturated heterocycles. The lowest BCUT2D eigenvalue weighted by Gasteiger charge is -2.35. The number of amides is 1. The third-order valence-electron chi connectivity index (χ3n) is 8.24. The molecule has 1 aromatic carbocycles. The van der Waals surface area contributed by atoms with E-state index in [1.807, 2.05) is 23.1 Å². The van der Waals surface area contributed by atoms with E-state index in [9.17, 15) is 18.0 Å². The Labute approximate surface area is 214 Å². The second kappa shape index (κ2) is 9.47. The summed E-state index contributed by atoms with van der Waals surface area (Å²) in [6.07, 6.45) is 0.0878. The number of morpholine rings is 1. The van der Waals surface area contributed by atoms with Crippen molar-refractivity contribution in [2.24, 2.45) is 5.92 Å². The largest absolute Gasteiger partial charge is 0.406 e. The maximum atomic E-state index is 14.0. The molecule has 3 fully saturated rings. The van der Waals surface area contributed by atoms with Crippen LogP contribution in [0.4, 0.5) is 36.1 Å². The van der Waals surface area contributed by atoms with Crippen molar-refractivity contribution in [2.75, 3.05) is 41.4 Å². The van der Waals surface area contributed by atoms with Crippen molar-refractivity contribution in [1.82, 2.24) is 10.3 Å². The number of rotatable bonds is 4. The Morgan fingerprint density at radius 1 is 1.11 bits per heavy atom. The molecule has 4 aliphatic rings. The van der Waals surface area contributed by atoms with Gasteiger partial charge in [-0.15, -0.1) is 0 Å². The first-order valence-corrected chi connectivity index (χ1v) is 13.2. The first-order chi connectivity index (χ1) is 17.8. The van der Waals surface area contributed by atoms with E-state index < -0.39 is 11.7 Å². The SMILES string of the molecule is O=C([C@H]1CC[C@H](NC2(C(F)(F)F)CC2)CC1)N1Cc2cccnc2Nc2ccc(N3CCOCC3)cc21. The number of benzene rings is 1. The lowest BCUT2D eigenvalue weighted by molar-refractivity contribution is -0.168. The van der Waals surface area contributed by atoms with E-state index in [1.165, 1.54) is 0 Å². The van der Waals surface area contributed by atoms with Crippen LogP contribution < -0.4 is 20.4 Å². The first-order valence-electron chi connectivity index (χ1n) is 13.2. The molecular formula is C27H32F3N5O2. The van der Waals surface area contributed by atoms with Crippen LogP contribution in [-0.2, 0) is 16.1 Å². The Hall–Kier alpha value is -2.85. The Balaban J connectivity index is 1.23. The molecule has 198 valence electrons. The maximum absolute atomic E-state index is 14.0. The normalized spacial score (nSPS) is 24.9. The molecule has 0 atom stereocenters. The fraction of sp³-hybridized carbons (Fsp3) is 0.556. The number of nitrogens with zero attached hydrogens (tertiary/aromatic N) is 3. The zero-order valence-electron chi connectivity index (χ0n) is 20.7. The van der Waals surface area contributed by atoms with E-state index in [1.54, 1.807) is 6.20 Å². The van der Waals surface area contributed by atoms with Crippen molar-refractivity contribution in [3.63, 3.8) is 0 Å². The predicted molar refractivity (Wildman–Crippen MR) is 135 cm³/mol. The molecule has 0 spiro atoms. The molecule has 7 nitrogen and oxygen atoms in total. The number of ether oxygens (including phenoxy) is 1. The molecule has 2 aliphatic heterocycles. The highest BCUT2D eigenvalue weighted by molar-refractivity contribution is 6.00. The highest BCUT2D eigenvalue weighted by atomic mass is 19.4.